The summed E-state index contributed by atoms with van der Waals surface area (Å²) in [6.07, 6.45) is 2.26. The van der Waals surface area contributed by atoms with Gasteiger partial charge in [-0.05, 0) is 37.1 Å². The fourth-order valence-corrected chi connectivity index (χ4v) is 3.86. The highest BCUT2D eigenvalue weighted by Crippen LogP contribution is 2.25. The normalized spacial score (nSPS) is 25.2. The van der Waals surface area contributed by atoms with Crippen LogP contribution in [0.15, 0.2) is 28.9 Å². The Morgan fingerprint density at radius 2 is 1.72 bits per heavy atom. The Labute approximate surface area is 175 Å². The lowest BCUT2D eigenvalue weighted by atomic mass is 9.91. The average Bonchev–Trinajstić information content (AvgIpc) is 2.62. The van der Waals surface area contributed by atoms with E-state index in [9.17, 15) is 30.6 Å². The van der Waals surface area contributed by atoms with Crippen LogP contribution in [-0.4, -0.2) is 115 Å². The number of aliphatic imine (C=N–C) groups is 1. The van der Waals surface area contributed by atoms with Crippen LogP contribution in [0.1, 0.15) is 12.8 Å². The molecule has 1 saturated heterocycles. The zero-order valence-corrected chi connectivity index (χ0v) is 17.0. The van der Waals surface area contributed by atoms with E-state index in [1.54, 1.807) is 4.90 Å². The van der Waals surface area contributed by atoms with Gasteiger partial charge < -0.3 is 30.6 Å². The summed E-state index contributed by atoms with van der Waals surface area (Å²) in [5.41, 5.74) is 0.737. The van der Waals surface area contributed by atoms with Crippen LogP contribution >= 0.6 is 12.2 Å². The fourth-order valence-electron chi connectivity index (χ4n) is 3.76. The number of nitrogens with zero attached hydrogens (tertiary/aromatic N) is 4. The first kappa shape index (κ1) is 24.2. The van der Waals surface area contributed by atoms with Crippen LogP contribution in [-0.2, 0) is 0 Å². The maximum atomic E-state index is 9.97. The Hall–Kier alpha value is -1.08. The maximum absolute atomic E-state index is 9.97. The number of thiocarbonyl (C=S) groups is 1. The van der Waals surface area contributed by atoms with Crippen molar-refractivity contribution in [2.45, 2.75) is 37.9 Å². The standard InChI is InChI=1S/C18H30N4O6S/c23-16(24)9-20-5-6-21(10-17(25)26)12-22(18(27)28)15(8-20)7-13-1-3-14(4-2-13)19-11-29/h1,3-4,13,15-18,23-28H,2,5-10,12H2. The van der Waals surface area contributed by atoms with Gasteiger partial charge in [-0.15, -0.1) is 0 Å². The highest BCUT2D eigenvalue weighted by molar-refractivity contribution is 7.78. The topological polar surface area (TPSA) is 143 Å². The van der Waals surface area contributed by atoms with Gasteiger partial charge in [-0.3, -0.25) is 9.80 Å². The SMILES string of the molecule is OC(O)CN1CCN(CC(O)O)CN(C(O)O)C(CC2C=CC(N=C=S)=CC2)C1. The van der Waals surface area contributed by atoms with Crippen LogP contribution in [0, 0.1) is 5.92 Å². The van der Waals surface area contributed by atoms with Crippen molar-refractivity contribution in [1.29, 1.82) is 0 Å². The molecule has 0 aromatic heterocycles. The van der Waals surface area contributed by atoms with Gasteiger partial charge >= 0.3 is 0 Å². The highest BCUT2D eigenvalue weighted by Gasteiger charge is 2.32. The number of aliphatic hydroxyl groups excluding tert-OH is 3. The summed E-state index contributed by atoms with van der Waals surface area (Å²) in [6.45, 7) is 1.38. The molecular weight excluding hydrogens is 400 g/mol. The second-order valence-electron chi connectivity index (χ2n) is 7.38. The third kappa shape index (κ3) is 8.28. The van der Waals surface area contributed by atoms with Gasteiger partial charge in [-0.1, -0.05) is 12.2 Å². The second kappa shape index (κ2) is 11.9. The van der Waals surface area contributed by atoms with Crippen LogP contribution in [0.3, 0.4) is 0 Å². The maximum Gasteiger partial charge on any atom is 0.214 e. The number of allylic oxidation sites excluding steroid dienone is 3. The Morgan fingerprint density at radius 1 is 1.07 bits per heavy atom. The fraction of sp³-hybridized carbons (Fsp3) is 0.722. The van der Waals surface area contributed by atoms with Crippen molar-refractivity contribution >= 4 is 17.4 Å². The van der Waals surface area contributed by atoms with Gasteiger partial charge in [0.2, 0.25) is 6.41 Å². The van der Waals surface area contributed by atoms with Gasteiger partial charge in [0, 0.05) is 32.2 Å². The molecule has 164 valence electrons. The predicted octanol–water partition coefficient (Wildman–Crippen LogP) is -1.93. The van der Waals surface area contributed by atoms with E-state index in [1.807, 2.05) is 23.1 Å². The lowest BCUT2D eigenvalue weighted by Crippen LogP contribution is -2.58. The van der Waals surface area contributed by atoms with Crippen LogP contribution in [0.2, 0.25) is 0 Å². The molecule has 1 fully saturated rings. The third-order valence-corrected chi connectivity index (χ3v) is 5.18. The van der Waals surface area contributed by atoms with E-state index in [4.69, 9.17) is 0 Å². The molecule has 0 bridgehead atoms. The van der Waals surface area contributed by atoms with E-state index in [2.05, 4.69) is 22.4 Å². The molecular formula is C18H30N4O6S. The van der Waals surface area contributed by atoms with Gasteiger partial charge in [0.1, 0.15) is 0 Å². The molecule has 0 aromatic carbocycles. The van der Waals surface area contributed by atoms with Crippen molar-refractivity contribution < 1.29 is 30.6 Å². The first-order chi connectivity index (χ1) is 13.8. The lowest BCUT2D eigenvalue weighted by Gasteiger charge is -2.43. The number of β-amino-alcohol motifs (C(OH)–C–C–N with tert-alkyl or cyclic N) is 4. The molecule has 0 radical (unpaired) electrons. The molecule has 29 heavy (non-hydrogen) atoms. The van der Waals surface area contributed by atoms with Gasteiger partial charge in [0.25, 0.3) is 0 Å². The summed E-state index contributed by atoms with van der Waals surface area (Å²) in [4.78, 5) is 8.94. The number of isothiocyanates is 1. The van der Waals surface area contributed by atoms with Crippen LogP contribution in [0.5, 0.6) is 0 Å². The van der Waals surface area contributed by atoms with Crippen molar-refractivity contribution in [2.24, 2.45) is 10.9 Å². The van der Waals surface area contributed by atoms with Gasteiger partial charge in [0.15, 0.2) is 12.6 Å². The van der Waals surface area contributed by atoms with Crippen LogP contribution < -0.4 is 0 Å². The third-order valence-electron chi connectivity index (χ3n) is 5.09. The Kier molecular flexibility index (Phi) is 9.96. The molecule has 2 unspecified atom stereocenters. The molecule has 6 N–H and O–H groups in total. The molecule has 2 atom stereocenters. The minimum atomic E-state index is -1.74. The molecule has 10 nitrogen and oxygen atoms in total. The molecule has 0 saturated carbocycles. The van der Waals surface area contributed by atoms with Crippen LogP contribution in [0.4, 0.5) is 0 Å². The van der Waals surface area contributed by atoms with Gasteiger partial charge in [0.05, 0.1) is 24.1 Å². The molecule has 11 heteroatoms. The number of hydrogen-bond acceptors (Lipinski definition) is 11. The Balaban J connectivity index is 2.16. The van der Waals surface area contributed by atoms with E-state index >= 15 is 0 Å². The van der Waals surface area contributed by atoms with Crippen molar-refractivity contribution in [3.05, 3.63) is 23.9 Å². The largest absolute Gasteiger partial charge is 0.367 e. The molecule has 1 aliphatic carbocycles. The molecule has 0 amide bonds. The predicted molar refractivity (Wildman–Crippen MR) is 108 cm³/mol. The molecule has 2 rings (SSSR count). The second-order valence-corrected chi connectivity index (χ2v) is 7.56. The van der Waals surface area contributed by atoms with E-state index in [0.717, 1.165) is 5.70 Å². The molecule has 0 spiro atoms. The highest BCUT2D eigenvalue weighted by atomic mass is 32.1. The van der Waals surface area contributed by atoms with Crippen molar-refractivity contribution in [3.63, 3.8) is 0 Å². The molecule has 1 aliphatic heterocycles. The van der Waals surface area contributed by atoms with E-state index < -0.39 is 19.0 Å². The Bertz CT molecular complexity index is 623. The summed E-state index contributed by atoms with van der Waals surface area (Å²) in [5, 5.41) is 59.8. The van der Waals surface area contributed by atoms with Crippen molar-refractivity contribution in [1.82, 2.24) is 14.7 Å². The lowest BCUT2D eigenvalue weighted by molar-refractivity contribution is -0.198. The first-order valence-electron chi connectivity index (χ1n) is 9.53. The Morgan fingerprint density at radius 3 is 2.28 bits per heavy atom. The summed E-state index contributed by atoms with van der Waals surface area (Å²) in [5.74, 6) is 0.127. The zero-order chi connectivity index (χ0) is 21.4. The summed E-state index contributed by atoms with van der Waals surface area (Å²) in [7, 11) is 0. The molecule has 2 aliphatic rings. The smallest absolute Gasteiger partial charge is 0.214 e. The van der Waals surface area contributed by atoms with E-state index in [-0.39, 0.29) is 31.7 Å². The molecule has 1 heterocycles. The van der Waals surface area contributed by atoms with E-state index in [1.165, 1.54) is 4.90 Å². The average molecular weight is 431 g/mol. The first-order valence-corrected chi connectivity index (χ1v) is 9.94. The summed E-state index contributed by atoms with van der Waals surface area (Å²) >= 11 is 4.61. The zero-order valence-electron chi connectivity index (χ0n) is 16.2. The number of aliphatic hydroxyl groups is 6. The summed E-state index contributed by atoms with van der Waals surface area (Å²) < 4.78 is 0. The van der Waals surface area contributed by atoms with Gasteiger partial charge in [-0.25, -0.2) is 4.90 Å². The minimum absolute atomic E-state index is 0.00925. The minimum Gasteiger partial charge on any atom is -0.367 e. The molecule has 0 aromatic rings. The van der Waals surface area contributed by atoms with Crippen molar-refractivity contribution in [3.8, 4) is 0 Å². The van der Waals surface area contributed by atoms with Crippen LogP contribution in [0.25, 0.3) is 0 Å². The number of hydrogen-bond donors (Lipinski definition) is 6. The quantitative estimate of drug-likeness (QED) is 0.146. The van der Waals surface area contributed by atoms with E-state index in [0.29, 0.717) is 32.5 Å². The van der Waals surface area contributed by atoms with Gasteiger partial charge in [-0.2, -0.15) is 4.99 Å². The summed E-state index contributed by atoms with van der Waals surface area (Å²) in [6, 6.07) is -0.314. The van der Waals surface area contributed by atoms with Crippen molar-refractivity contribution in [2.75, 3.05) is 39.4 Å². The number of rotatable bonds is 8. The monoisotopic (exact) mass is 430 g/mol.